The van der Waals surface area contributed by atoms with Crippen LogP contribution in [0.2, 0.25) is 0 Å². The fourth-order valence-corrected chi connectivity index (χ4v) is 3.60. The summed E-state index contributed by atoms with van der Waals surface area (Å²) < 4.78 is 5.24. The van der Waals surface area contributed by atoms with Crippen molar-refractivity contribution in [3.63, 3.8) is 0 Å². The van der Waals surface area contributed by atoms with Crippen molar-refractivity contribution in [1.82, 2.24) is 10.6 Å². The molecule has 2 N–H and O–H groups in total. The van der Waals surface area contributed by atoms with Gasteiger partial charge in [0.25, 0.3) is 0 Å². The maximum absolute atomic E-state index is 5.24. The number of methoxy groups -OCH3 is 1. The van der Waals surface area contributed by atoms with Gasteiger partial charge in [-0.25, -0.2) is 0 Å². The zero-order valence-electron chi connectivity index (χ0n) is 13.4. The lowest BCUT2D eigenvalue weighted by Crippen LogP contribution is -2.46. The molecule has 0 unspecified atom stereocenters. The molecule has 0 saturated heterocycles. The lowest BCUT2D eigenvalue weighted by molar-refractivity contribution is 0.0732. The molecule has 0 radical (unpaired) electrons. The van der Waals surface area contributed by atoms with Gasteiger partial charge in [-0.05, 0) is 48.6 Å². The Hall–Kier alpha value is -1.07. The van der Waals surface area contributed by atoms with Crippen LogP contribution in [0.4, 0.5) is 0 Å². The van der Waals surface area contributed by atoms with E-state index in [9.17, 15) is 0 Å². The highest BCUT2D eigenvalue weighted by molar-refractivity contribution is 7.10. The monoisotopic (exact) mass is 309 g/mol. The number of rotatable bonds is 7. The van der Waals surface area contributed by atoms with Crippen molar-refractivity contribution in [2.75, 3.05) is 27.3 Å². The molecule has 1 aliphatic carbocycles. The van der Waals surface area contributed by atoms with Gasteiger partial charge in [-0.1, -0.05) is 6.42 Å². The Labute approximate surface area is 132 Å². The Balaban J connectivity index is 1.78. The molecule has 21 heavy (non-hydrogen) atoms. The van der Waals surface area contributed by atoms with E-state index in [0.29, 0.717) is 5.41 Å². The molecule has 2 rings (SSSR count). The van der Waals surface area contributed by atoms with Crippen molar-refractivity contribution in [1.29, 1.82) is 0 Å². The minimum absolute atomic E-state index is 0.409. The Morgan fingerprint density at radius 2 is 2.24 bits per heavy atom. The van der Waals surface area contributed by atoms with E-state index in [4.69, 9.17) is 4.74 Å². The number of hydrogen-bond acceptors (Lipinski definition) is 3. The molecule has 1 fully saturated rings. The normalized spacial score (nSPS) is 17.4. The maximum atomic E-state index is 5.24. The topological polar surface area (TPSA) is 45.7 Å². The summed E-state index contributed by atoms with van der Waals surface area (Å²) in [4.78, 5) is 5.70. The predicted molar refractivity (Wildman–Crippen MR) is 90.0 cm³/mol. The predicted octanol–water partition coefficient (Wildman–Crippen LogP) is 2.93. The first-order chi connectivity index (χ1) is 10.2. The van der Waals surface area contributed by atoms with Crippen LogP contribution in [0, 0.1) is 12.3 Å². The average Bonchev–Trinajstić information content (AvgIpc) is 2.86. The highest BCUT2D eigenvalue weighted by atomic mass is 32.1. The van der Waals surface area contributed by atoms with Crippen molar-refractivity contribution in [2.24, 2.45) is 10.4 Å². The third-order valence-electron chi connectivity index (χ3n) is 4.49. The molecule has 0 atom stereocenters. The summed E-state index contributed by atoms with van der Waals surface area (Å²) >= 11 is 1.79. The SMILES string of the molecule is CN=C(NCc1sccc1C)NCC1(CCOC)CCC1. The molecule has 1 aromatic rings. The number of nitrogens with one attached hydrogen (secondary N) is 2. The second-order valence-corrected chi connectivity index (χ2v) is 6.90. The van der Waals surface area contributed by atoms with Crippen LogP contribution in [0.15, 0.2) is 16.4 Å². The summed E-state index contributed by atoms with van der Waals surface area (Å²) in [5.74, 6) is 0.895. The smallest absolute Gasteiger partial charge is 0.191 e. The molecule has 0 aliphatic heterocycles. The van der Waals surface area contributed by atoms with Gasteiger partial charge in [-0.15, -0.1) is 11.3 Å². The van der Waals surface area contributed by atoms with Gasteiger partial charge in [0.15, 0.2) is 5.96 Å². The Bertz CT molecular complexity index is 466. The molecule has 5 heteroatoms. The first-order valence-corrected chi connectivity index (χ1v) is 8.53. The summed E-state index contributed by atoms with van der Waals surface area (Å²) in [6.45, 7) is 4.83. The molecule has 0 spiro atoms. The summed E-state index contributed by atoms with van der Waals surface area (Å²) in [6.07, 6.45) is 5.07. The number of nitrogens with zero attached hydrogens (tertiary/aromatic N) is 1. The summed E-state index contributed by atoms with van der Waals surface area (Å²) in [5, 5.41) is 9.03. The molecule has 1 heterocycles. The van der Waals surface area contributed by atoms with E-state index in [2.05, 4.69) is 34.0 Å². The second kappa shape index (κ2) is 7.80. The van der Waals surface area contributed by atoms with E-state index in [1.165, 1.54) is 29.7 Å². The van der Waals surface area contributed by atoms with Gasteiger partial charge < -0.3 is 15.4 Å². The third kappa shape index (κ3) is 4.45. The van der Waals surface area contributed by atoms with Crippen LogP contribution in [0.5, 0.6) is 0 Å². The van der Waals surface area contributed by atoms with E-state index < -0.39 is 0 Å². The molecule has 1 aliphatic rings. The molecule has 1 saturated carbocycles. The zero-order valence-corrected chi connectivity index (χ0v) is 14.2. The van der Waals surface area contributed by atoms with Crippen LogP contribution in [0.25, 0.3) is 0 Å². The zero-order chi connectivity index (χ0) is 15.1. The van der Waals surface area contributed by atoms with Crippen molar-refractivity contribution >= 4 is 17.3 Å². The first-order valence-electron chi connectivity index (χ1n) is 7.65. The first kappa shape index (κ1) is 16.3. The van der Waals surface area contributed by atoms with Crippen molar-refractivity contribution in [3.8, 4) is 0 Å². The molecule has 0 amide bonds. The molecule has 1 aromatic heterocycles. The summed E-state index contributed by atoms with van der Waals surface area (Å²) in [6, 6.07) is 2.16. The van der Waals surface area contributed by atoms with Gasteiger partial charge in [-0.2, -0.15) is 0 Å². The van der Waals surface area contributed by atoms with Crippen LogP contribution in [-0.4, -0.2) is 33.3 Å². The van der Waals surface area contributed by atoms with Gasteiger partial charge in [0.1, 0.15) is 0 Å². The average molecular weight is 309 g/mol. The van der Waals surface area contributed by atoms with Gasteiger partial charge in [-0.3, -0.25) is 4.99 Å². The number of aliphatic imine (C=N–C) groups is 1. The van der Waals surface area contributed by atoms with Crippen molar-refractivity contribution < 1.29 is 4.74 Å². The molecule has 0 bridgehead atoms. The van der Waals surface area contributed by atoms with Gasteiger partial charge in [0.2, 0.25) is 0 Å². The van der Waals surface area contributed by atoms with Gasteiger partial charge in [0.05, 0.1) is 6.54 Å². The number of aryl methyl sites for hydroxylation is 1. The van der Waals surface area contributed by atoms with E-state index in [1.54, 1.807) is 18.4 Å². The number of hydrogen-bond donors (Lipinski definition) is 2. The van der Waals surface area contributed by atoms with Crippen molar-refractivity contribution in [3.05, 3.63) is 21.9 Å². The molecular weight excluding hydrogens is 282 g/mol. The fraction of sp³-hybridized carbons (Fsp3) is 0.688. The van der Waals surface area contributed by atoms with Gasteiger partial charge in [0, 0.05) is 32.2 Å². The van der Waals surface area contributed by atoms with E-state index >= 15 is 0 Å². The van der Waals surface area contributed by atoms with Crippen LogP contribution in [0.1, 0.15) is 36.1 Å². The molecule has 4 nitrogen and oxygen atoms in total. The second-order valence-electron chi connectivity index (χ2n) is 5.90. The minimum Gasteiger partial charge on any atom is -0.385 e. The van der Waals surface area contributed by atoms with Crippen LogP contribution < -0.4 is 10.6 Å². The molecule has 118 valence electrons. The molecule has 0 aromatic carbocycles. The van der Waals surface area contributed by atoms with Crippen LogP contribution in [-0.2, 0) is 11.3 Å². The Morgan fingerprint density at radius 3 is 2.76 bits per heavy atom. The van der Waals surface area contributed by atoms with E-state index in [0.717, 1.165) is 32.1 Å². The quantitative estimate of drug-likeness (QED) is 0.601. The van der Waals surface area contributed by atoms with Crippen molar-refractivity contribution in [2.45, 2.75) is 39.2 Å². The van der Waals surface area contributed by atoms with Crippen LogP contribution >= 0.6 is 11.3 Å². The van der Waals surface area contributed by atoms with E-state index in [-0.39, 0.29) is 0 Å². The number of ether oxygens (including phenoxy) is 1. The maximum Gasteiger partial charge on any atom is 0.191 e. The third-order valence-corrected chi connectivity index (χ3v) is 5.51. The van der Waals surface area contributed by atoms with Gasteiger partial charge >= 0.3 is 0 Å². The Kier molecular flexibility index (Phi) is 6.06. The summed E-state index contributed by atoms with van der Waals surface area (Å²) in [5.41, 5.74) is 1.76. The summed E-state index contributed by atoms with van der Waals surface area (Å²) in [7, 11) is 3.61. The standard InChI is InChI=1S/C16H27N3OS/c1-13-5-10-21-14(13)11-18-15(17-2)19-12-16(6-4-7-16)8-9-20-3/h5,10H,4,6-9,11-12H2,1-3H3,(H2,17,18,19). The fourth-order valence-electron chi connectivity index (χ4n) is 2.75. The largest absolute Gasteiger partial charge is 0.385 e. The minimum atomic E-state index is 0.409. The Morgan fingerprint density at radius 1 is 1.43 bits per heavy atom. The van der Waals surface area contributed by atoms with Crippen LogP contribution in [0.3, 0.4) is 0 Å². The highest BCUT2D eigenvalue weighted by Gasteiger charge is 2.36. The lowest BCUT2D eigenvalue weighted by atomic mass is 9.67. The lowest BCUT2D eigenvalue weighted by Gasteiger charge is -2.42. The number of thiophene rings is 1. The highest BCUT2D eigenvalue weighted by Crippen LogP contribution is 2.43. The van der Waals surface area contributed by atoms with E-state index in [1.807, 2.05) is 7.05 Å². The molecular formula is C16H27N3OS. The number of guanidine groups is 1.